The molecule has 170 valence electrons. The van der Waals surface area contributed by atoms with E-state index in [9.17, 15) is 13.2 Å². The van der Waals surface area contributed by atoms with Gasteiger partial charge >= 0.3 is 182 Å². The minimum absolute atomic E-state index is 0.111. The van der Waals surface area contributed by atoms with Crippen LogP contribution < -0.4 is 0 Å². The molecule has 0 N–H and O–H groups in total. The van der Waals surface area contributed by atoms with Gasteiger partial charge in [-0.05, 0) is 0 Å². The minimum atomic E-state index is -4.55. The Morgan fingerprint density at radius 2 is 1.14 bits per heavy atom. The van der Waals surface area contributed by atoms with E-state index in [1.165, 1.54) is 12.1 Å². The van der Waals surface area contributed by atoms with Crippen molar-refractivity contribution in [3.63, 3.8) is 0 Å². The first-order chi connectivity index (χ1) is 13.6. The van der Waals surface area contributed by atoms with Gasteiger partial charge < -0.3 is 0 Å². The van der Waals surface area contributed by atoms with Crippen LogP contribution in [-0.4, -0.2) is 59.5 Å². The Hall–Kier alpha value is -0.240. The van der Waals surface area contributed by atoms with E-state index in [1.807, 2.05) is 55.6 Å². The van der Waals surface area contributed by atoms with Crippen LogP contribution in [0.5, 0.6) is 0 Å². The molecule has 1 aromatic rings. The Morgan fingerprint density at radius 3 is 1.41 bits per heavy atom. The summed E-state index contributed by atoms with van der Waals surface area (Å²) in [6.45, 7) is 15.2. The molecular formula is C20H36BrF3N3OP. The van der Waals surface area contributed by atoms with E-state index in [1.54, 1.807) is 18.2 Å². The normalized spacial score (nSPS) is 15.7. The zero-order chi connectivity index (χ0) is 22.3. The molecule has 0 heterocycles. The van der Waals surface area contributed by atoms with Crippen LogP contribution in [0.25, 0.3) is 0 Å². The molecule has 1 atom stereocenters. The summed E-state index contributed by atoms with van der Waals surface area (Å²) in [6, 6.07) is 7.92. The summed E-state index contributed by atoms with van der Waals surface area (Å²) in [5, 5.41) is 0. The fourth-order valence-corrected chi connectivity index (χ4v) is 13.4. The van der Waals surface area contributed by atoms with E-state index in [2.05, 4.69) is 15.5 Å². The second-order valence-corrected chi connectivity index (χ2v) is 13.9. The van der Waals surface area contributed by atoms with Crippen LogP contribution in [0.2, 0.25) is 0 Å². The van der Waals surface area contributed by atoms with Gasteiger partial charge in [0.25, 0.3) is 0 Å². The summed E-state index contributed by atoms with van der Waals surface area (Å²) in [7, 11) is 0. The van der Waals surface area contributed by atoms with E-state index < -0.39 is 18.3 Å². The molecule has 1 unspecified atom stereocenters. The molecule has 0 amide bonds. The maximum absolute atomic E-state index is 14.3. The van der Waals surface area contributed by atoms with E-state index in [0.717, 1.165) is 0 Å². The fraction of sp³-hybridized carbons (Fsp3) is 0.700. The Morgan fingerprint density at radius 1 is 0.793 bits per heavy atom. The van der Waals surface area contributed by atoms with Crippen molar-refractivity contribution in [2.75, 3.05) is 39.3 Å². The van der Waals surface area contributed by atoms with Crippen LogP contribution in [-0.2, 0) is 4.52 Å². The standard InChI is InChI=1S/C20H36BrF3N3OP/c1-7-25(8-2)29(21,26(9-3)10-4,27(11-5)12-6)28-19(20(22,23)24)18-16-14-13-15-17-18/h13-17,19H,7-12H2,1-6H3. The third-order valence-electron chi connectivity index (χ3n) is 5.30. The second kappa shape index (κ2) is 10.9. The van der Waals surface area contributed by atoms with Crippen molar-refractivity contribution in [1.29, 1.82) is 0 Å². The molecule has 0 aliphatic rings. The van der Waals surface area contributed by atoms with Crippen molar-refractivity contribution in [3.05, 3.63) is 35.9 Å². The third kappa shape index (κ3) is 5.16. The molecule has 0 bridgehead atoms. The topological polar surface area (TPSA) is 19.0 Å². The number of hydrogen-bond acceptors (Lipinski definition) is 4. The SMILES string of the molecule is CCN(CC)P(Br)(OC(c1ccccc1)C(F)(F)F)(N(CC)CC)N(CC)CC. The number of alkyl halides is 3. The summed E-state index contributed by atoms with van der Waals surface area (Å²) in [6.07, 6.45) is -6.59. The monoisotopic (exact) mass is 501 g/mol. The van der Waals surface area contributed by atoms with Gasteiger partial charge in [-0.2, -0.15) is 0 Å². The van der Waals surface area contributed by atoms with E-state index >= 15 is 0 Å². The molecule has 1 rings (SSSR count). The summed E-state index contributed by atoms with van der Waals surface area (Å²) in [4.78, 5) is 0. The third-order valence-corrected chi connectivity index (χ3v) is 15.0. The van der Waals surface area contributed by atoms with Gasteiger partial charge in [-0.3, -0.25) is 0 Å². The van der Waals surface area contributed by atoms with Gasteiger partial charge in [0.2, 0.25) is 0 Å². The predicted molar refractivity (Wildman–Crippen MR) is 121 cm³/mol. The molecule has 0 aliphatic carbocycles. The molecule has 0 radical (unpaired) electrons. The Bertz CT molecular complexity index is 575. The molecule has 0 spiro atoms. The average molecular weight is 502 g/mol. The molecule has 0 aromatic heterocycles. The summed E-state index contributed by atoms with van der Waals surface area (Å²) in [5.74, 6) is -3.96. The zero-order valence-corrected chi connectivity index (χ0v) is 20.9. The number of benzene rings is 1. The molecule has 0 saturated heterocycles. The zero-order valence-electron chi connectivity index (χ0n) is 18.4. The molecule has 0 saturated carbocycles. The van der Waals surface area contributed by atoms with Crippen LogP contribution >= 0.6 is 21.5 Å². The van der Waals surface area contributed by atoms with Crippen LogP contribution in [0.4, 0.5) is 13.2 Å². The maximum atomic E-state index is 14.3. The van der Waals surface area contributed by atoms with Gasteiger partial charge in [0.05, 0.1) is 0 Å². The number of hydrogen-bond donors (Lipinski definition) is 0. The molecule has 0 fully saturated rings. The second-order valence-electron chi connectivity index (χ2n) is 6.66. The number of halogens is 4. The predicted octanol–water partition coefficient (Wildman–Crippen LogP) is 6.86. The van der Waals surface area contributed by atoms with Gasteiger partial charge in [0, 0.05) is 0 Å². The summed E-state index contributed by atoms with van der Waals surface area (Å²) >= 11 is 3.93. The van der Waals surface area contributed by atoms with E-state index in [-0.39, 0.29) is 5.56 Å². The summed E-state index contributed by atoms with van der Waals surface area (Å²) in [5.41, 5.74) is 0.111. The first kappa shape index (κ1) is 26.8. The Labute approximate surface area is 182 Å². The average Bonchev–Trinajstić information content (AvgIpc) is 2.69. The van der Waals surface area contributed by atoms with Crippen LogP contribution in [0, 0.1) is 0 Å². The van der Waals surface area contributed by atoms with Gasteiger partial charge in [0.1, 0.15) is 0 Å². The van der Waals surface area contributed by atoms with E-state index in [0.29, 0.717) is 39.3 Å². The van der Waals surface area contributed by atoms with Crippen LogP contribution in [0.15, 0.2) is 30.3 Å². The molecule has 29 heavy (non-hydrogen) atoms. The van der Waals surface area contributed by atoms with Gasteiger partial charge in [-0.1, -0.05) is 0 Å². The van der Waals surface area contributed by atoms with Crippen molar-refractivity contribution in [3.8, 4) is 0 Å². The fourth-order valence-electron chi connectivity index (χ4n) is 3.95. The molecular weight excluding hydrogens is 466 g/mol. The molecule has 1 aromatic carbocycles. The molecule has 4 nitrogen and oxygen atoms in total. The number of nitrogens with zero attached hydrogens (tertiary/aromatic N) is 3. The first-order valence-corrected chi connectivity index (χ1v) is 14.4. The van der Waals surface area contributed by atoms with Crippen molar-refractivity contribution >= 4 is 21.5 Å². The van der Waals surface area contributed by atoms with Gasteiger partial charge in [0.15, 0.2) is 0 Å². The van der Waals surface area contributed by atoms with Gasteiger partial charge in [-0.25, -0.2) is 0 Å². The molecule has 9 heteroatoms. The van der Waals surface area contributed by atoms with Crippen molar-refractivity contribution in [2.45, 2.75) is 53.8 Å². The van der Waals surface area contributed by atoms with Crippen molar-refractivity contribution in [1.82, 2.24) is 14.0 Å². The quantitative estimate of drug-likeness (QED) is 0.291. The van der Waals surface area contributed by atoms with Crippen molar-refractivity contribution in [2.24, 2.45) is 0 Å². The number of rotatable bonds is 12. The van der Waals surface area contributed by atoms with Gasteiger partial charge in [-0.15, -0.1) is 0 Å². The van der Waals surface area contributed by atoms with Crippen LogP contribution in [0.3, 0.4) is 0 Å². The van der Waals surface area contributed by atoms with E-state index in [4.69, 9.17) is 4.52 Å². The van der Waals surface area contributed by atoms with Crippen molar-refractivity contribution < 1.29 is 17.7 Å². The first-order valence-electron chi connectivity index (χ1n) is 10.4. The molecule has 0 aliphatic heterocycles. The van der Waals surface area contributed by atoms with Crippen LogP contribution in [0.1, 0.15) is 53.2 Å². The Kier molecular flexibility index (Phi) is 10.0. The summed E-state index contributed by atoms with van der Waals surface area (Å²) < 4.78 is 55.6. The Balaban J connectivity index is 3.85.